The number of hydrogen-bond acceptors (Lipinski definition) is 6. The van der Waals surface area contributed by atoms with Crippen molar-refractivity contribution < 1.29 is 14.6 Å². The van der Waals surface area contributed by atoms with E-state index in [0.717, 1.165) is 40.5 Å². The average molecular weight is 398 g/mol. The van der Waals surface area contributed by atoms with E-state index in [1.807, 2.05) is 42.5 Å². The Labute approximate surface area is 167 Å². The number of nitrogens with zero attached hydrogens (tertiary/aromatic N) is 2. The standard InChI is InChI=1S/C21H23N3O3S/c25-14-16-5-4-11-24(16)21-23-18-9-8-15(13-19(18)28-21)20(26)22-10-12-27-17-6-2-1-3-7-17/h1-3,6-9,13,16,25H,4-5,10-12,14H2,(H,22,26). The second kappa shape index (κ2) is 8.58. The monoisotopic (exact) mass is 397 g/mol. The summed E-state index contributed by atoms with van der Waals surface area (Å²) in [4.78, 5) is 19.3. The van der Waals surface area contributed by atoms with Gasteiger partial charge < -0.3 is 20.1 Å². The first-order chi connectivity index (χ1) is 13.7. The Morgan fingerprint density at radius 3 is 2.96 bits per heavy atom. The summed E-state index contributed by atoms with van der Waals surface area (Å²) in [6, 6.07) is 15.2. The van der Waals surface area contributed by atoms with Crippen LogP contribution < -0.4 is 15.0 Å². The maximum atomic E-state index is 12.4. The second-order valence-corrected chi connectivity index (χ2v) is 7.78. The van der Waals surface area contributed by atoms with E-state index < -0.39 is 0 Å². The third-order valence-electron chi connectivity index (χ3n) is 4.87. The molecule has 1 amide bonds. The fourth-order valence-electron chi connectivity index (χ4n) is 3.41. The number of thiazole rings is 1. The van der Waals surface area contributed by atoms with Gasteiger partial charge in [0.2, 0.25) is 0 Å². The molecule has 146 valence electrons. The zero-order valence-electron chi connectivity index (χ0n) is 15.5. The smallest absolute Gasteiger partial charge is 0.251 e. The number of benzene rings is 2. The summed E-state index contributed by atoms with van der Waals surface area (Å²) in [6.45, 7) is 1.92. The van der Waals surface area contributed by atoms with Crippen LogP contribution >= 0.6 is 11.3 Å². The van der Waals surface area contributed by atoms with Gasteiger partial charge in [-0.15, -0.1) is 0 Å². The second-order valence-electron chi connectivity index (χ2n) is 6.77. The Bertz CT molecular complexity index is 944. The maximum absolute atomic E-state index is 12.4. The average Bonchev–Trinajstić information content (AvgIpc) is 3.37. The minimum Gasteiger partial charge on any atom is -0.492 e. The molecule has 1 atom stereocenters. The van der Waals surface area contributed by atoms with Crippen LogP contribution in [0.2, 0.25) is 0 Å². The van der Waals surface area contributed by atoms with Gasteiger partial charge in [0, 0.05) is 12.1 Å². The van der Waals surface area contributed by atoms with Crippen LogP contribution in [-0.2, 0) is 0 Å². The van der Waals surface area contributed by atoms with Crippen LogP contribution in [0.4, 0.5) is 5.13 Å². The number of amides is 1. The molecule has 7 heteroatoms. The highest BCUT2D eigenvalue weighted by atomic mass is 32.1. The number of rotatable bonds is 7. The summed E-state index contributed by atoms with van der Waals surface area (Å²) in [5.41, 5.74) is 1.50. The number of carbonyl (C=O) groups excluding carboxylic acids is 1. The molecule has 1 fully saturated rings. The van der Waals surface area contributed by atoms with E-state index in [9.17, 15) is 9.90 Å². The normalized spacial score (nSPS) is 16.5. The Balaban J connectivity index is 1.37. The van der Waals surface area contributed by atoms with E-state index in [4.69, 9.17) is 4.74 Å². The van der Waals surface area contributed by atoms with Gasteiger partial charge in [0.05, 0.1) is 29.4 Å². The molecule has 1 saturated heterocycles. The molecule has 4 rings (SSSR count). The summed E-state index contributed by atoms with van der Waals surface area (Å²) in [5.74, 6) is 0.668. The highest BCUT2D eigenvalue weighted by molar-refractivity contribution is 7.22. The van der Waals surface area contributed by atoms with E-state index in [-0.39, 0.29) is 18.6 Å². The summed E-state index contributed by atoms with van der Waals surface area (Å²) >= 11 is 1.57. The molecule has 1 aliphatic rings. The van der Waals surface area contributed by atoms with Crippen molar-refractivity contribution in [3.8, 4) is 5.75 Å². The summed E-state index contributed by atoms with van der Waals surface area (Å²) in [7, 11) is 0. The molecule has 1 aliphatic heterocycles. The van der Waals surface area contributed by atoms with Crippen LogP contribution in [0.3, 0.4) is 0 Å². The van der Waals surface area contributed by atoms with Gasteiger partial charge in [-0.25, -0.2) is 4.98 Å². The van der Waals surface area contributed by atoms with E-state index in [2.05, 4.69) is 15.2 Å². The number of carbonyl (C=O) groups is 1. The van der Waals surface area contributed by atoms with Crippen LogP contribution in [0, 0.1) is 0 Å². The fourth-order valence-corrected chi connectivity index (χ4v) is 4.51. The molecular formula is C21H23N3O3S. The SMILES string of the molecule is O=C(NCCOc1ccccc1)c1ccc2nc(N3CCCC3CO)sc2c1. The molecule has 0 saturated carbocycles. The lowest BCUT2D eigenvalue weighted by atomic mass is 10.2. The number of nitrogens with one attached hydrogen (secondary N) is 1. The van der Waals surface area contributed by atoms with Crippen LogP contribution in [0.5, 0.6) is 5.75 Å². The van der Waals surface area contributed by atoms with Crippen molar-refractivity contribution in [3.05, 3.63) is 54.1 Å². The van der Waals surface area contributed by atoms with Crippen LogP contribution in [0.15, 0.2) is 48.5 Å². The van der Waals surface area contributed by atoms with Gasteiger partial charge in [-0.3, -0.25) is 4.79 Å². The van der Waals surface area contributed by atoms with Crippen LogP contribution in [-0.4, -0.2) is 48.3 Å². The van der Waals surface area contributed by atoms with E-state index in [1.54, 1.807) is 17.4 Å². The molecule has 0 bridgehead atoms. The molecule has 28 heavy (non-hydrogen) atoms. The Morgan fingerprint density at radius 2 is 2.14 bits per heavy atom. The van der Waals surface area contributed by atoms with Crippen LogP contribution in [0.1, 0.15) is 23.2 Å². The van der Waals surface area contributed by atoms with Crippen molar-refractivity contribution in [1.29, 1.82) is 0 Å². The molecular weight excluding hydrogens is 374 g/mol. The number of hydrogen-bond donors (Lipinski definition) is 2. The van der Waals surface area contributed by atoms with Gasteiger partial charge in [-0.05, 0) is 43.2 Å². The number of aromatic nitrogens is 1. The number of anilines is 1. The van der Waals surface area contributed by atoms with Crippen molar-refractivity contribution in [1.82, 2.24) is 10.3 Å². The minimum absolute atomic E-state index is 0.122. The van der Waals surface area contributed by atoms with E-state index in [1.165, 1.54) is 0 Å². The van der Waals surface area contributed by atoms with Crippen molar-refractivity contribution in [2.45, 2.75) is 18.9 Å². The first-order valence-electron chi connectivity index (χ1n) is 9.49. The minimum atomic E-state index is -0.122. The topological polar surface area (TPSA) is 74.7 Å². The molecule has 2 heterocycles. The zero-order valence-corrected chi connectivity index (χ0v) is 16.3. The number of para-hydroxylation sites is 1. The van der Waals surface area contributed by atoms with Gasteiger partial charge >= 0.3 is 0 Å². The Hall–Kier alpha value is -2.64. The highest BCUT2D eigenvalue weighted by Gasteiger charge is 2.26. The lowest BCUT2D eigenvalue weighted by molar-refractivity contribution is 0.0947. The lowest BCUT2D eigenvalue weighted by Crippen LogP contribution is -2.31. The van der Waals surface area contributed by atoms with Gasteiger partial charge in [-0.1, -0.05) is 29.5 Å². The van der Waals surface area contributed by atoms with Crippen molar-refractivity contribution in [2.75, 3.05) is 31.2 Å². The predicted molar refractivity (Wildman–Crippen MR) is 111 cm³/mol. The quantitative estimate of drug-likeness (QED) is 0.600. The van der Waals surface area contributed by atoms with Gasteiger partial charge in [0.15, 0.2) is 5.13 Å². The van der Waals surface area contributed by atoms with Crippen molar-refractivity contribution in [3.63, 3.8) is 0 Å². The Kier molecular flexibility index (Phi) is 5.73. The van der Waals surface area contributed by atoms with Gasteiger partial charge in [0.1, 0.15) is 12.4 Å². The molecule has 0 aliphatic carbocycles. The molecule has 2 N–H and O–H groups in total. The van der Waals surface area contributed by atoms with Crippen LogP contribution in [0.25, 0.3) is 10.2 Å². The summed E-state index contributed by atoms with van der Waals surface area (Å²) in [5, 5.41) is 13.3. The number of fused-ring (bicyclic) bond motifs is 1. The first kappa shape index (κ1) is 18.7. The van der Waals surface area contributed by atoms with Crippen molar-refractivity contribution in [2.24, 2.45) is 0 Å². The Morgan fingerprint density at radius 1 is 1.29 bits per heavy atom. The molecule has 2 aromatic carbocycles. The molecule has 3 aromatic rings. The molecule has 1 unspecified atom stereocenters. The number of aliphatic hydroxyl groups is 1. The first-order valence-corrected chi connectivity index (χ1v) is 10.3. The summed E-state index contributed by atoms with van der Waals surface area (Å²) < 4.78 is 6.57. The number of aliphatic hydroxyl groups excluding tert-OH is 1. The van der Waals surface area contributed by atoms with E-state index in [0.29, 0.717) is 18.7 Å². The predicted octanol–water partition coefficient (Wildman–Crippen LogP) is 3.07. The molecule has 1 aromatic heterocycles. The highest BCUT2D eigenvalue weighted by Crippen LogP contribution is 2.33. The largest absolute Gasteiger partial charge is 0.492 e. The number of ether oxygens (including phenoxy) is 1. The molecule has 0 spiro atoms. The third kappa shape index (κ3) is 4.10. The van der Waals surface area contributed by atoms with Gasteiger partial charge in [0.25, 0.3) is 5.91 Å². The maximum Gasteiger partial charge on any atom is 0.251 e. The molecule has 0 radical (unpaired) electrons. The van der Waals surface area contributed by atoms with Crippen molar-refractivity contribution >= 4 is 32.6 Å². The van der Waals surface area contributed by atoms with Gasteiger partial charge in [-0.2, -0.15) is 0 Å². The fraction of sp³-hybridized carbons (Fsp3) is 0.333. The van der Waals surface area contributed by atoms with E-state index >= 15 is 0 Å². The lowest BCUT2D eigenvalue weighted by Gasteiger charge is -2.21. The molecule has 6 nitrogen and oxygen atoms in total. The summed E-state index contributed by atoms with van der Waals surface area (Å²) in [6.07, 6.45) is 2.06. The zero-order chi connectivity index (χ0) is 19.3. The third-order valence-corrected chi connectivity index (χ3v) is 5.93.